The normalized spacial score (nSPS) is 12.9. The van der Waals surface area contributed by atoms with Crippen molar-refractivity contribution in [2.75, 3.05) is 13.2 Å². The molecule has 0 atom stereocenters. The molecule has 8 N–H and O–H groups in total. The first-order chi connectivity index (χ1) is 35.9. The topological polar surface area (TPSA) is 588 Å². The van der Waals surface area contributed by atoms with Crippen LogP contribution in [0.3, 0.4) is 0 Å². The fraction of sp³-hybridized carbons (Fsp3) is 0.0909. The molecule has 79 heavy (non-hydrogen) atoms. The van der Waals surface area contributed by atoms with Crippen molar-refractivity contribution in [3.05, 3.63) is 81.1 Å². The first-order valence-electron chi connectivity index (χ1n) is 19.1. The Hall–Kier alpha value is -7.42. The Kier molecular flexibility index (Phi) is 16.7. The summed E-state index contributed by atoms with van der Waals surface area (Å²) in [4.78, 5) is 28.3. The van der Waals surface area contributed by atoms with Crippen LogP contribution in [0.1, 0.15) is 6.42 Å². The Morgan fingerprint density at radius 1 is 0.342 bits per heavy atom. The zero-order chi connectivity index (χ0) is 59.2. The van der Waals surface area contributed by atoms with Crippen molar-refractivity contribution >= 4 is 105 Å². The van der Waals surface area contributed by atoms with Gasteiger partial charge >= 0.3 is 83.2 Å². The summed E-state index contributed by atoms with van der Waals surface area (Å²) in [6, 6.07) is 4.66. The van der Waals surface area contributed by atoms with Crippen molar-refractivity contribution in [1.29, 1.82) is 0 Å². The van der Waals surface area contributed by atoms with Crippen molar-refractivity contribution in [2.24, 2.45) is 0 Å². The predicted molar refractivity (Wildman–Crippen MR) is 249 cm³/mol. The first kappa shape index (κ1) is 60.8. The van der Waals surface area contributed by atoms with E-state index in [1.165, 1.54) is 0 Å². The molecule has 0 saturated carbocycles. The van der Waals surface area contributed by atoms with Crippen LogP contribution in [0.4, 0.5) is 0 Å². The lowest BCUT2D eigenvalue weighted by Gasteiger charge is -2.16. The van der Waals surface area contributed by atoms with E-state index in [0.717, 1.165) is 0 Å². The van der Waals surface area contributed by atoms with Gasteiger partial charge in [-0.1, -0.05) is 0 Å². The molecule has 0 spiro atoms. The van der Waals surface area contributed by atoms with E-state index in [9.17, 15) is 104 Å². The summed E-state index contributed by atoms with van der Waals surface area (Å²) in [5, 5.41) is -2.03. The third-order valence-corrected chi connectivity index (χ3v) is 11.7. The fourth-order valence-electron chi connectivity index (χ4n) is 6.29. The highest BCUT2D eigenvalue weighted by atomic mass is 32.3. The highest BCUT2D eigenvalue weighted by Crippen LogP contribution is 2.44. The Morgan fingerprint density at radius 2 is 0.620 bits per heavy atom. The van der Waals surface area contributed by atoms with E-state index >= 15 is 0 Å². The number of ether oxygens (including phenoxy) is 2. The van der Waals surface area contributed by atoms with Crippen molar-refractivity contribution in [2.45, 2.75) is 6.42 Å². The van der Waals surface area contributed by atoms with Gasteiger partial charge < -0.3 is 51.8 Å². The molecule has 0 aliphatic carbocycles. The Labute approximate surface area is 439 Å². The molecular weight excluding hydrogens is 1260 g/mol. The second-order valence-electron chi connectivity index (χ2n) is 14.2. The summed E-state index contributed by atoms with van der Waals surface area (Å²) >= 11 is 0. The molecule has 4 aromatic carbocycles. The predicted octanol–water partition coefficient (Wildman–Crippen LogP) is 0.534. The molecule has 6 aromatic rings. The van der Waals surface area contributed by atoms with Crippen molar-refractivity contribution < 1.29 is 156 Å². The van der Waals surface area contributed by atoms with Crippen LogP contribution in [0.25, 0.3) is 44.6 Å². The van der Waals surface area contributed by atoms with Gasteiger partial charge in [0.2, 0.25) is 22.4 Å². The summed E-state index contributed by atoms with van der Waals surface area (Å²) in [6.07, 6.45) is -0.589. The van der Waals surface area contributed by atoms with Gasteiger partial charge in [0.15, 0.2) is 34.5 Å². The number of hydrogen-bond acceptors (Lipinski definition) is 30. The van der Waals surface area contributed by atoms with Crippen LogP contribution in [0.2, 0.25) is 0 Å². The van der Waals surface area contributed by atoms with E-state index < -0.39 is 216 Å². The van der Waals surface area contributed by atoms with Crippen LogP contribution in [-0.2, 0) is 83.2 Å². The quantitative estimate of drug-likeness (QED) is 0.0303. The van der Waals surface area contributed by atoms with Crippen LogP contribution in [0.15, 0.2) is 79.1 Å². The molecule has 0 aliphatic rings. The van der Waals surface area contributed by atoms with Crippen molar-refractivity contribution in [1.82, 2.24) is 0 Å². The number of rotatable bonds is 24. The van der Waals surface area contributed by atoms with Gasteiger partial charge in [0.1, 0.15) is 44.9 Å². The summed E-state index contributed by atoms with van der Waals surface area (Å²) in [5.74, 6) is -14.6. The van der Waals surface area contributed by atoms with Crippen LogP contribution in [0.5, 0.6) is 57.5 Å². The largest absolute Gasteiger partial charge is 0.492 e. The van der Waals surface area contributed by atoms with Gasteiger partial charge in [-0.05, 0) is 24.3 Å². The molecule has 2 aromatic heterocycles. The highest BCUT2D eigenvalue weighted by Gasteiger charge is 2.32. The average molecular weight is 1290 g/mol. The van der Waals surface area contributed by atoms with Gasteiger partial charge in [-0.2, -0.15) is 67.3 Å². The Balaban J connectivity index is 1.47. The summed E-state index contributed by atoms with van der Waals surface area (Å²) in [6.45, 7) is -1.69. The second-order valence-corrected chi connectivity index (χ2v) is 22.4. The third kappa shape index (κ3) is 17.3. The highest BCUT2D eigenvalue weighted by molar-refractivity contribution is 7.82. The van der Waals surface area contributed by atoms with E-state index in [2.05, 4.69) is 33.5 Å². The fourth-order valence-corrected chi connectivity index (χ4v) is 9.11. The lowest BCUT2D eigenvalue weighted by molar-refractivity contribution is 0.249. The zero-order valence-electron chi connectivity index (χ0n) is 37.0. The number of hydrogen-bond donors (Lipinski definition) is 8. The van der Waals surface area contributed by atoms with Gasteiger partial charge in [0.05, 0.1) is 24.3 Å². The molecule has 0 radical (unpaired) electrons. The van der Waals surface area contributed by atoms with Crippen LogP contribution < -0.4 is 53.8 Å². The van der Waals surface area contributed by atoms with E-state index in [1.807, 2.05) is 0 Å². The molecule has 0 amide bonds. The summed E-state index contributed by atoms with van der Waals surface area (Å²) < 4.78 is 320. The molecule has 6 rings (SSSR count). The Morgan fingerprint density at radius 3 is 0.911 bits per heavy atom. The van der Waals surface area contributed by atoms with Crippen molar-refractivity contribution in [3.8, 4) is 80.1 Å². The van der Waals surface area contributed by atoms with Gasteiger partial charge in [0.25, 0.3) is 0 Å². The van der Waals surface area contributed by atoms with Gasteiger partial charge in [-0.15, -0.1) is 0 Å². The maximum Gasteiger partial charge on any atom is 0.446 e. The van der Waals surface area contributed by atoms with E-state index in [1.54, 1.807) is 0 Å². The smallest absolute Gasteiger partial charge is 0.446 e. The molecule has 0 aliphatic heterocycles. The second kappa shape index (κ2) is 21.7. The van der Waals surface area contributed by atoms with Gasteiger partial charge in [-0.25, -0.2) is 0 Å². The Bertz CT molecular complexity index is 4260. The van der Waals surface area contributed by atoms with E-state index in [4.69, 9.17) is 27.4 Å². The maximum atomic E-state index is 14.1. The number of benzene rings is 4. The van der Waals surface area contributed by atoms with Crippen LogP contribution in [0, 0.1) is 0 Å². The summed E-state index contributed by atoms with van der Waals surface area (Å²) in [7, 11) is -44.9. The van der Waals surface area contributed by atoms with Gasteiger partial charge in [0, 0.05) is 42.8 Å². The van der Waals surface area contributed by atoms with Gasteiger partial charge in [-0.3, -0.25) is 46.0 Å². The lowest BCUT2D eigenvalue weighted by atomic mass is 10.1. The molecule has 2 heterocycles. The molecule has 432 valence electrons. The molecule has 38 nitrogen and oxygen atoms in total. The summed E-state index contributed by atoms with van der Waals surface area (Å²) in [5.41, 5.74) is -7.55. The average Bonchev–Trinajstić information content (AvgIpc) is 3.23. The molecule has 0 fully saturated rings. The minimum absolute atomic E-state index is 0.278. The maximum absolute atomic E-state index is 14.1. The monoisotopic (exact) mass is 1280 g/mol. The first-order valence-corrected chi connectivity index (χ1v) is 30.0. The minimum atomic E-state index is -5.85. The van der Waals surface area contributed by atoms with Crippen LogP contribution in [-0.4, -0.2) is 117 Å². The standard InChI is InChI=1S/C33H24O38S8/c34-28-26-22(10-16(66-74(42,43)44)12-24(26)62-30(32(28)70-78(54,55)56)18-4-2-14(64-72(36,37)38)8-20(18)68-76(48,49)50)60-6-1-7-61-23-11-17(67-75(45,46)47)13-25-27(23)29(35)33(71-79(57,58)59)31(63-25)19-5-3-15(65-73(39,40)41)9-21(19)69-77(51,52)53/h2-5,8-13H,1,6-7H2,(H,36,37,38)(H,39,40,41)(H,42,43,44)(H,45,46,47)(H,48,49,50)(H,51,52,53)(H,54,55,56)(H,57,58,59). The third-order valence-electron chi connectivity index (χ3n) is 8.55. The lowest BCUT2D eigenvalue weighted by Crippen LogP contribution is -2.17. The molecule has 0 saturated heterocycles. The minimum Gasteiger partial charge on any atom is -0.492 e. The molecule has 0 bridgehead atoms. The van der Waals surface area contributed by atoms with Crippen molar-refractivity contribution in [3.63, 3.8) is 0 Å². The SMILES string of the molecule is O=c1c(OS(=O)(=O)O)c(-c2ccc(OS(=O)(=O)O)cc2OS(=O)(=O)O)oc2cc(OS(=O)(=O)O)cc(OCCCOc3cc(OS(=O)(=O)O)cc4oc(-c5ccc(OS(=O)(=O)O)cc5OS(=O)(=O)O)c(OS(=O)(=O)O)c(=O)c34)c12. The molecule has 0 unspecified atom stereocenters. The van der Waals surface area contributed by atoms with E-state index in [-0.39, 0.29) is 12.1 Å². The van der Waals surface area contributed by atoms with Crippen LogP contribution >= 0.6 is 0 Å². The van der Waals surface area contributed by atoms with E-state index in [0.29, 0.717) is 48.5 Å². The molecule has 46 heteroatoms. The molecular formula is C33H24O38S8. The number of fused-ring (bicyclic) bond motifs is 2. The zero-order valence-corrected chi connectivity index (χ0v) is 43.5.